The average molecular weight is 1050 g/mol. The molecule has 6 heteroatoms. The van der Waals surface area contributed by atoms with E-state index in [1.54, 1.807) is 0 Å². The van der Waals surface area contributed by atoms with E-state index in [2.05, 4.69) is 69.4 Å². The number of rotatable bonds is 61. The molecule has 0 aliphatic rings. The van der Waals surface area contributed by atoms with E-state index in [1.165, 1.54) is 231 Å². The smallest absolute Gasteiger partial charge is 0.306 e. The first-order valence-electron chi connectivity index (χ1n) is 33.1. The van der Waals surface area contributed by atoms with Crippen LogP contribution >= 0.6 is 0 Å². The Morgan fingerprint density at radius 2 is 0.520 bits per heavy atom. The zero-order chi connectivity index (χ0) is 54.3. The highest BCUT2D eigenvalue weighted by Crippen LogP contribution is 2.18. The fourth-order valence-corrected chi connectivity index (χ4v) is 9.91. The molecule has 0 saturated carbocycles. The minimum absolute atomic E-state index is 0.0673. The Morgan fingerprint density at radius 3 is 0.813 bits per heavy atom. The summed E-state index contributed by atoms with van der Waals surface area (Å²) >= 11 is 0. The Kier molecular flexibility index (Phi) is 61.7. The Bertz CT molecular complexity index is 1300. The van der Waals surface area contributed by atoms with Gasteiger partial charge in [0.2, 0.25) is 0 Å². The minimum Gasteiger partial charge on any atom is -0.462 e. The first-order chi connectivity index (χ1) is 37.0. The largest absolute Gasteiger partial charge is 0.462 e. The third-order valence-electron chi connectivity index (χ3n) is 14.8. The fourth-order valence-electron chi connectivity index (χ4n) is 9.91. The molecule has 0 N–H and O–H groups in total. The van der Waals surface area contributed by atoms with Crippen molar-refractivity contribution in [2.24, 2.45) is 0 Å². The highest BCUT2D eigenvalue weighted by Gasteiger charge is 2.19. The van der Waals surface area contributed by atoms with Gasteiger partial charge < -0.3 is 14.2 Å². The molecule has 0 fully saturated rings. The van der Waals surface area contributed by atoms with Crippen LogP contribution in [0.2, 0.25) is 0 Å². The maximum Gasteiger partial charge on any atom is 0.306 e. The standard InChI is InChI=1S/C69H126O6/c1-4-7-10-13-16-19-22-25-27-29-31-32-33-34-35-36-38-39-41-44-47-50-53-56-59-62-68(71)74-65-66(64-73-67(70)61-58-55-52-49-46-43-24-21-18-15-12-9-6-3)75-69(72)63-60-57-54-51-48-45-42-40-37-30-28-26-23-20-17-14-11-8-5-2/h7,10,16,19,25,27,31-32,66H,4-6,8-9,11-15,17-18,20-24,26,28-30,33-65H2,1-3H3/b10-7-,19-16-,27-25-,32-31-. The van der Waals surface area contributed by atoms with E-state index in [9.17, 15) is 14.4 Å². The first kappa shape index (κ1) is 72.4. The number of esters is 3. The van der Waals surface area contributed by atoms with Crippen molar-refractivity contribution in [3.05, 3.63) is 48.6 Å². The van der Waals surface area contributed by atoms with Crippen molar-refractivity contribution in [2.75, 3.05) is 13.2 Å². The predicted molar refractivity (Wildman–Crippen MR) is 325 cm³/mol. The van der Waals surface area contributed by atoms with Crippen LogP contribution in [0.1, 0.15) is 355 Å². The quantitative estimate of drug-likeness (QED) is 0.0261. The summed E-state index contributed by atoms with van der Waals surface area (Å²) in [7, 11) is 0. The number of carbonyl (C=O) groups excluding carboxylic acids is 3. The summed E-state index contributed by atoms with van der Waals surface area (Å²) < 4.78 is 17.0. The molecular weight excluding hydrogens is 925 g/mol. The van der Waals surface area contributed by atoms with E-state index in [1.807, 2.05) is 0 Å². The Morgan fingerprint density at radius 1 is 0.280 bits per heavy atom. The van der Waals surface area contributed by atoms with E-state index in [4.69, 9.17) is 14.2 Å². The molecule has 0 bridgehead atoms. The molecule has 75 heavy (non-hydrogen) atoms. The molecule has 0 aromatic heterocycles. The van der Waals surface area contributed by atoms with Gasteiger partial charge >= 0.3 is 17.9 Å². The van der Waals surface area contributed by atoms with Gasteiger partial charge in [-0.2, -0.15) is 0 Å². The number of allylic oxidation sites excluding steroid dienone is 8. The van der Waals surface area contributed by atoms with Crippen LogP contribution in [0.4, 0.5) is 0 Å². The minimum atomic E-state index is -0.770. The molecule has 0 heterocycles. The highest BCUT2D eigenvalue weighted by molar-refractivity contribution is 5.71. The van der Waals surface area contributed by atoms with Gasteiger partial charge in [0.1, 0.15) is 13.2 Å². The molecule has 0 saturated heterocycles. The molecular formula is C69H126O6. The molecule has 438 valence electrons. The normalized spacial score (nSPS) is 12.3. The third kappa shape index (κ3) is 62.1. The van der Waals surface area contributed by atoms with Crippen LogP contribution in [-0.2, 0) is 28.6 Å². The lowest BCUT2D eigenvalue weighted by Gasteiger charge is -2.18. The lowest BCUT2D eigenvalue weighted by Crippen LogP contribution is -2.30. The van der Waals surface area contributed by atoms with Crippen molar-refractivity contribution in [3.63, 3.8) is 0 Å². The predicted octanol–water partition coefficient (Wildman–Crippen LogP) is 22.6. The molecule has 6 nitrogen and oxygen atoms in total. The van der Waals surface area contributed by atoms with Crippen LogP contribution in [0.25, 0.3) is 0 Å². The van der Waals surface area contributed by atoms with Crippen LogP contribution in [0.15, 0.2) is 48.6 Å². The lowest BCUT2D eigenvalue weighted by molar-refractivity contribution is -0.167. The van der Waals surface area contributed by atoms with Crippen molar-refractivity contribution in [1.82, 2.24) is 0 Å². The van der Waals surface area contributed by atoms with Crippen molar-refractivity contribution in [3.8, 4) is 0 Å². The van der Waals surface area contributed by atoms with Crippen molar-refractivity contribution < 1.29 is 28.6 Å². The topological polar surface area (TPSA) is 78.9 Å². The van der Waals surface area contributed by atoms with Gasteiger partial charge in [0.25, 0.3) is 0 Å². The Hall–Kier alpha value is -2.63. The maximum absolute atomic E-state index is 12.9. The fraction of sp³-hybridized carbons (Fsp3) is 0.841. The Balaban J connectivity index is 4.25. The molecule has 0 aromatic rings. The summed E-state index contributed by atoms with van der Waals surface area (Å²) in [6.45, 7) is 6.59. The summed E-state index contributed by atoms with van der Waals surface area (Å²) in [6, 6.07) is 0. The zero-order valence-electron chi connectivity index (χ0n) is 50.3. The number of unbranched alkanes of at least 4 members (excludes halogenated alkanes) is 42. The van der Waals surface area contributed by atoms with Gasteiger partial charge in [-0.3, -0.25) is 14.4 Å². The number of hydrogen-bond acceptors (Lipinski definition) is 6. The molecule has 1 atom stereocenters. The van der Waals surface area contributed by atoms with Gasteiger partial charge in [0.05, 0.1) is 0 Å². The third-order valence-corrected chi connectivity index (χ3v) is 14.8. The van der Waals surface area contributed by atoms with Crippen molar-refractivity contribution in [2.45, 2.75) is 361 Å². The molecule has 0 aromatic carbocycles. The second-order valence-corrected chi connectivity index (χ2v) is 22.4. The van der Waals surface area contributed by atoms with Crippen LogP contribution < -0.4 is 0 Å². The Labute approximate surface area is 467 Å². The second kappa shape index (κ2) is 63.9. The molecule has 0 amide bonds. The number of carbonyl (C=O) groups is 3. The number of hydrogen-bond donors (Lipinski definition) is 0. The second-order valence-electron chi connectivity index (χ2n) is 22.4. The van der Waals surface area contributed by atoms with E-state index in [0.717, 1.165) is 83.5 Å². The van der Waals surface area contributed by atoms with Gasteiger partial charge in [-0.25, -0.2) is 0 Å². The van der Waals surface area contributed by atoms with E-state index in [-0.39, 0.29) is 31.1 Å². The SMILES string of the molecule is CC/C=C\C/C=C\C/C=C\C/C=C\CCCCCCCCCCCCCCC(=O)OCC(COC(=O)CCCCCCCCCCCCCCC)OC(=O)CCCCCCCCCCCCCCCCCCCCC. The van der Waals surface area contributed by atoms with Gasteiger partial charge in [-0.05, 0) is 57.8 Å². The monoisotopic (exact) mass is 1050 g/mol. The van der Waals surface area contributed by atoms with Crippen LogP contribution in [0.3, 0.4) is 0 Å². The van der Waals surface area contributed by atoms with Gasteiger partial charge in [0, 0.05) is 19.3 Å². The summed E-state index contributed by atoms with van der Waals surface area (Å²) in [5.74, 6) is -0.843. The van der Waals surface area contributed by atoms with E-state index >= 15 is 0 Å². The summed E-state index contributed by atoms with van der Waals surface area (Å²) in [5.41, 5.74) is 0. The van der Waals surface area contributed by atoms with E-state index < -0.39 is 6.10 Å². The molecule has 0 aliphatic heterocycles. The number of ether oxygens (including phenoxy) is 3. The summed E-state index contributed by atoms with van der Waals surface area (Å²) in [4.78, 5) is 38.3. The van der Waals surface area contributed by atoms with Gasteiger partial charge in [0.15, 0.2) is 6.10 Å². The van der Waals surface area contributed by atoms with Crippen LogP contribution in [-0.4, -0.2) is 37.2 Å². The van der Waals surface area contributed by atoms with Crippen molar-refractivity contribution in [1.29, 1.82) is 0 Å². The van der Waals surface area contributed by atoms with Gasteiger partial charge in [-0.15, -0.1) is 0 Å². The molecule has 0 radical (unpaired) electrons. The maximum atomic E-state index is 12.9. The van der Waals surface area contributed by atoms with E-state index in [0.29, 0.717) is 19.3 Å². The summed E-state index contributed by atoms with van der Waals surface area (Å²) in [6.07, 6.45) is 79.8. The zero-order valence-corrected chi connectivity index (χ0v) is 50.3. The molecule has 0 spiro atoms. The molecule has 1 unspecified atom stereocenters. The van der Waals surface area contributed by atoms with Crippen molar-refractivity contribution >= 4 is 17.9 Å². The summed E-state index contributed by atoms with van der Waals surface area (Å²) in [5, 5.41) is 0. The van der Waals surface area contributed by atoms with Gasteiger partial charge in [-0.1, -0.05) is 326 Å². The average Bonchev–Trinajstić information content (AvgIpc) is 3.41. The van der Waals surface area contributed by atoms with Crippen LogP contribution in [0.5, 0.6) is 0 Å². The van der Waals surface area contributed by atoms with Crippen LogP contribution in [0, 0.1) is 0 Å². The highest BCUT2D eigenvalue weighted by atomic mass is 16.6. The lowest BCUT2D eigenvalue weighted by atomic mass is 10.0. The molecule has 0 rings (SSSR count). The first-order valence-corrected chi connectivity index (χ1v) is 33.1. The molecule has 0 aliphatic carbocycles.